The summed E-state index contributed by atoms with van der Waals surface area (Å²) >= 11 is 1.68. The Bertz CT molecular complexity index is 446. The van der Waals surface area contributed by atoms with E-state index < -0.39 is 0 Å². The fourth-order valence-electron chi connectivity index (χ4n) is 1.81. The predicted octanol–water partition coefficient (Wildman–Crippen LogP) is 5.13. The molecule has 2 atom stereocenters. The van der Waals surface area contributed by atoms with Crippen LogP contribution < -0.4 is 5.73 Å². The van der Waals surface area contributed by atoms with Crippen LogP contribution in [0.4, 0.5) is 0 Å². The third kappa shape index (κ3) is 6.87. The molecule has 0 saturated carbocycles. The predicted molar refractivity (Wildman–Crippen MR) is 97.5 cm³/mol. The number of allylic oxidation sites excluding steroid dienone is 5. The minimum Gasteiger partial charge on any atom is -0.508 e. The maximum atomic E-state index is 9.65. The van der Waals surface area contributed by atoms with Gasteiger partial charge in [-0.3, -0.25) is 0 Å². The Hall–Kier alpha value is -1.19. The Morgan fingerprint density at radius 3 is 2.33 bits per heavy atom. The van der Waals surface area contributed by atoms with Crippen LogP contribution in [0.25, 0.3) is 0 Å². The standard InChI is InChI=1S/C18H29NOS/c1-7-10-17(11-16(20)9-3)21-18(12-19)15(6)14(5)13(4)8-2/h8-11,13,18,20H,2-3,7,12,19H2,1,4-6H3/b15-14-,16-11+,17-10+. The second kappa shape index (κ2) is 10.5. The van der Waals surface area contributed by atoms with Crippen LogP contribution in [0.5, 0.6) is 0 Å². The van der Waals surface area contributed by atoms with Gasteiger partial charge in [0.05, 0.1) is 0 Å². The van der Waals surface area contributed by atoms with Gasteiger partial charge in [0.2, 0.25) is 0 Å². The van der Waals surface area contributed by atoms with Crippen LogP contribution in [0, 0.1) is 5.92 Å². The molecule has 2 nitrogen and oxygen atoms in total. The van der Waals surface area contributed by atoms with Gasteiger partial charge in [0.25, 0.3) is 0 Å². The van der Waals surface area contributed by atoms with Crippen LogP contribution in [0.15, 0.2) is 59.3 Å². The van der Waals surface area contributed by atoms with Gasteiger partial charge < -0.3 is 10.8 Å². The number of aliphatic hydroxyl groups excluding tert-OH is 1. The third-order valence-electron chi connectivity index (χ3n) is 3.54. The number of hydrogen-bond acceptors (Lipinski definition) is 3. The van der Waals surface area contributed by atoms with Crippen molar-refractivity contribution in [3.8, 4) is 0 Å². The smallest absolute Gasteiger partial charge is 0.116 e. The first kappa shape index (κ1) is 19.8. The van der Waals surface area contributed by atoms with Crippen LogP contribution in [-0.2, 0) is 0 Å². The van der Waals surface area contributed by atoms with Crippen LogP contribution in [0.2, 0.25) is 0 Å². The maximum Gasteiger partial charge on any atom is 0.116 e. The van der Waals surface area contributed by atoms with Crippen molar-refractivity contribution in [3.63, 3.8) is 0 Å². The number of nitrogens with two attached hydrogens (primary N) is 1. The van der Waals surface area contributed by atoms with Gasteiger partial charge in [0.15, 0.2) is 0 Å². The van der Waals surface area contributed by atoms with E-state index in [9.17, 15) is 5.11 Å². The summed E-state index contributed by atoms with van der Waals surface area (Å²) in [5, 5.41) is 9.84. The highest BCUT2D eigenvalue weighted by atomic mass is 32.2. The Kier molecular flexibility index (Phi) is 9.93. The van der Waals surface area contributed by atoms with Crippen LogP contribution in [0.1, 0.15) is 34.1 Å². The van der Waals surface area contributed by atoms with Crippen molar-refractivity contribution in [1.82, 2.24) is 0 Å². The summed E-state index contributed by atoms with van der Waals surface area (Å²) in [6, 6.07) is 0. The number of rotatable bonds is 9. The van der Waals surface area contributed by atoms with Gasteiger partial charge in [-0.05, 0) is 38.3 Å². The molecule has 0 rings (SSSR count). The molecule has 3 heteroatoms. The van der Waals surface area contributed by atoms with Gasteiger partial charge >= 0.3 is 0 Å². The molecule has 0 amide bonds. The molecule has 0 aliphatic heterocycles. The van der Waals surface area contributed by atoms with E-state index in [4.69, 9.17) is 5.73 Å². The molecule has 0 bridgehead atoms. The van der Waals surface area contributed by atoms with E-state index in [0.717, 1.165) is 11.3 Å². The van der Waals surface area contributed by atoms with Gasteiger partial charge in [-0.1, -0.05) is 43.7 Å². The Balaban J connectivity index is 5.33. The first-order chi connectivity index (χ1) is 9.90. The van der Waals surface area contributed by atoms with E-state index in [1.54, 1.807) is 17.8 Å². The molecule has 0 saturated heterocycles. The first-order valence-corrected chi connectivity index (χ1v) is 8.18. The lowest BCUT2D eigenvalue weighted by atomic mass is 9.96. The zero-order valence-corrected chi connectivity index (χ0v) is 14.5. The van der Waals surface area contributed by atoms with Gasteiger partial charge in [-0.15, -0.1) is 18.3 Å². The van der Waals surface area contributed by atoms with Crippen LogP contribution in [0.3, 0.4) is 0 Å². The monoisotopic (exact) mass is 307 g/mol. The Morgan fingerprint density at radius 2 is 1.90 bits per heavy atom. The minimum absolute atomic E-state index is 0.177. The highest BCUT2D eigenvalue weighted by molar-refractivity contribution is 8.04. The second-order valence-corrected chi connectivity index (χ2v) is 6.30. The Morgan fingerprint density at radius 1 is 1.29 bits per heavy atom. The molecule has 0 aliphatic carbocycles. The van der Waals surface area contributed by atoms with Crippen LogP contribution in [-0.4, -0.2) is 16.9 Å². The van der Waals surface area contributed by atoms with Crippen LogP contribution >= 0.6 is 11.8 Å². The van der Waals surface area contributed by atoms with Crippen molar-refractivity contribution < 1.29 is 5.11 Å². The SMILES string of the molecule is C=C/C(O)=C\C(=C/CC)SC(CN)/C(C)=C(/C)C(C)C=C. The normalized spacial score (nSPS) is 17.0. The van der Waals surface area contributed by atoms with E-state index in [-0.39, 0.29) is 11.0 Å². The molecular weight excluding hydrogens is 278 g/mol. The third-order valence-corrected chi connectivity index (χ3v) is 4.93. The van der Waals surface area contributed by atoms with E-state index in [1.165, 1.54) is 17.2 Å². The fourth-order valence-corrected chi connectivity index (χ4v) is 3.05. The van der Waals surface area contributed by atoms with E-state index in [0.29, 0.717) is 12.5 Å². The summed E-state index contributed by atoms with van der Waals surface area (Å²) in [5.41, 5.74) is 8.54. The van der Waals surface area contributed by atoms with E-state index in [1.807, 2.05) is 6.08 Å². The fraction of sp³-hybridized carbons (Fsp3) is 0.444. The average Bonchev–Trinajstić information content (AvgIpc) is 2.49. The lowest BCUT2D eigenvalue weighted by molar-refractivity contribution is 0.433. The van der Waals surface area contributed by atoms with Crippen molar-refractivity contribution in [2.24, 2.45) is 11.7 Å². The maximum absolute atomic E-state index is 9.65. The minimum atomic E-state index is 0.177. The largest absolute Gasteiger partial charge is 0.508 e. The molecule has 0 aromatic carbocycles. The van der Waals surface area contributed by atoms with Crippen molar-refractivity contribution in [2.75, 3.05) is 6.54 Å². The average molecular weight is 308 g/mol. The molecule has 0 aromatic heterocycles. The highest BCUT2D eigenvalue weighted by Crippen LogP contribution is 2.31. The van der Waals surface area contributed by atoms with Crippen molar-refractivity contribution in [2.45, 2.75) is 39.4 Å². The quantitative estimate of drug-likeness (QED) is 0.353. The van der Waals surface area contributed by atoms with Gasteiger partial charge in [0.1, 0.15) is 5.76 Å². The summed E-state index contributed by atoms with van der Waals surface area (Å²) in [7, 11) is 0. The van der Waals surface area contributed by atoms with E-state index in [2.05, 4.69) is 46.9 Å². The van der Waals surface area contributed by atoms with Crippen molar-refractivity contribution in [3.05, 3.63) is 59.3 Å². The molecule has 0 radical (unpaired) electrons. The van der Waals surface area contributed by atoms with Gasteiger partial charge in [-0.2, -0.15) is 0 Å². The summed E-state index contributed by atoms with van der Waals surface area (Å²) < 4.78 is 0. The molecule has 0 spiro atoms. The van der Waals surface area contributed by atoms with Crippen molar-refractivity contribution >= 4 is 11.8 Å². The second-order valence-electron chi connectivity index (χ2n) is 5.02. The number of hydrogen-bond donors (Lipinski definition) is 2. The lowest BCUT2D eigenvalue weighted by Gasteiger charge is -2.21. The number of thioether (sulfide) groups is 1. The molecule has 21 heavy (non-hydrogen) atoms. The molecule has 0 fully saturated rings. The molecule has 0 heterocycles. The first-order valence-electron chi connectivity index (χ1n) is 7.30. The topological polar surface area (TPSA) is 46.2 Å². The van der Waals surface area contributed by atoms with Crippen molar-refractivity contribution in [1.29, 1.82) is 0 Å². The molecule has 0 aliphatic rings. The molecular formula is C18H29NOS. The zero-order valence-electron chi connectivity index (χ0n) is 13.7. The summed E-state index contributed by atoms with van der Waals surface area (Å²) in [4.78, 5) is 1.02. The number of aliphatic hydroxyl groups is 1. The van der Waals surface area contributed by atoms with Gasteiger partial charge in [0, 0.05) is 16.7 Å². The lowest BCUT2D eigenvalue weighted by Crippen LogP contribution is -2.20. The summed E-state index contributed by atoms with van der Waals surface area (Å²) in [5.74, 6) is 0.520. The highest BCUT2D eigenvalue weighted by Gasteiger charge is 2.15. The van der Waals surface area contributed by atoms with Gasteiger partial charge in [-0.25, -0.2) is 0 Å². The molecule has 3 N–H and O–H groups in total. The molecule has 118 valence electrons. The molecule has 2 unspecified atom stereocenters. The molecule has 0 aromatic rings. The zero-order chi connectivity index (χ0) is 16.4. The van der Waals surface area contributed by atoms with E-state index >= 15 is 0 Å². The Labute approximate surface area is 134 Å². The summed E-state index contributed by atoms with van der Waals surface area (Å²) in [6.07, 6.45) is 8.12. The summed E-state index contributed by atoms with van der Waals surface area (Å²) in [6.45, 7) is 16.4.